The van der Waals surface area contributed by atoms with Gasteiger partial charge in [0.1, 0.15) is 0 Å². The van der Waals surface area contributed by atoms with E-state index in [1.165, 1.54) is 0 Å². The first-order valence-electron chi connectivity index (χ1n) is 8.49. The van der Waals surface area contributed by atoms with E-state index in [-0.39, 0.29) is 5.92 Å². The van der Waals surface area contributed by atoms with Gasteiger partial charge >= 0.3 is 11.9 Å². The fourth-order valence-corrected chi connectivity index (χ4v) is 4.77. The van der Waals surface area contributed by atoms with E-state index in [2.05, 4.69) is 23.5 Å². The lowest BCUT2D eigenvalue weighted by atomic mass is 9.62. The van der Waals surface area contributed by atoms with Crippen molar-refractivity contribution in [2.45, 2.75) is 18.4 Å². The fraction of sp³-hybridized carbons (Fsp3) is 0.238. The summed E-state index contributed by atoms with van der Waals surface area (Å²) in [6, 6.07) is 18.2. The van der Waals surface area contributed by atoms with Crippen LogP contribution in [0.2, 0.25) is 0 Å². The number of fused-ring (bicyclic) bond motifs is 5. The molecule has 0 bridgehead atoms. The maximum Gasteiger partial charge on any atom is 0.321 e. The third-order valence-electron chi connectivity index (χ3n) is 5.79. The first-order valence-corrected chi connectivity index (χ1v) is 8.49. The molecule has 0 radical (unpaired) electrons. The van der Waals surface area contributed by atoms with Crippen molar-refractivity contribution in [3.8, 4) is 0 Å². The number of nitrogens with one attached hydrogen (secondary N) is 1. The number of cyclic esters (lactones) is 2. The van der Waals surface area contributed by atoms with E-state index in [0.717, 1.165) is 22.4 Å². The van der Waals surface area contributed by atoms with Crippen molar-refractivity contribution in [2.75, 3.05) is 5.32 Å². The maximum absolute atomic E-state index is 12.4. The Hall–Kier alpha value is -2.88. The van der Waals surface area contributed by atoms with Crippen molar-refractivity contribution in [3.05, 3.63) is 71.8 Å². The van der Waals surface area contributed by atoms with E-state index >= 15 is 0 Å². The monoisotopic (exact) mass is 331 g/mol. The summed E-state index contributed by atoms with van der Waals surface area (Å²) < 4.78 is 5.00. The molecule has 1 aliphatic carbocycles. The summed E-state index contributed by atoms with van der Waals surface area (Å²) in [5, 5.41) is 3.54. The Kier molecular flexibility index (Phi) is 2.79. The van der Waals surface area contributed by atoms with Crippen LogP contribution < -0.4 is 5.32 Å². The van der Waals surface area contributed by atoms with Gasteiger partial charge in [0, 0.05) is 11.6 Å². The van der Waals surface area contributed by atoms with Crippen LogP contribution in [0.25, 0.3) is 5.57 Å². The smallest absolute Gasteiger partial charge is 0.321 e. The number of ether oxygens (including phenoxy) is 1. The lowest BCUT2D eigenvalue weighted by Crippen LogP contribution is -2.51. The van der Waals surface area contributed by atoms with Crippen molar-refractivity contribution >= 4 is 23.2 Å². The number of para-hydroxylation sites is 1. The molecule has 0 spiro atoms. The van der Waals surface area contributed by atoms with Gasteiger partial charge in [0.15, 0.2) is 0 Å². The highest BCUT2D eigenvalue weighted by Crippen LogP contribution is 2.58. The second-order valence-electron chi connectivity index (χ2n) is 7.16. The zero-order valence-electron chi connectivity index (χ0n) is 13.7. The molecule has 4 atom stereocenters. The molecule has 1 fully saturated rings. The van der Waals surface area contributed by atoms with Crippen LogP contribution in [-0.2, 0) is 14.3 Å². The second kappa shape index (κ2) is 4.82. The summed E-state index contributed by atoms with van der Waals surface area (Å²) in [6.07, 6.45) is 1.95. The summed E-state index contributed by atoms with van der Waals surface area (Å²) in [4.78, 5) is 24.7. The normalized spacial score (nSPS) is 32.2. The summed E-state index contributed by atoms with van der Waals surface area (Å²) >= 11 is 0. The van der Waals surface area contributed by atoms with Crippen molar-refractivity contribution < 1.29 is 14.3 Å². The summed E-state index contributed by atoms with van der Waals surface area (Å²) in [5.74, 6) is -1.92. The van der Waals surface area contributed by atoms with Crippen LogP contribution in [-0.4, -0.2) is 17.5 Å². The van der Waals surface area contributed by atoms with E-state index < -0.39 is 29.3 Å². The second-order valence-corrected chi connectivity index (χ2v) is 7.16. The van der Waals surface area contributed by atoms with Gasteiger partial charge in [-0.1, -0.05) is 54.6 Å². The largest absolute Gasteiger partial charge is 0.392 e. The van der Waals surface area contributed by atoms with Gasteiger partial charge in [-0.15, -0.1) is 0 Å². The van der Waals surface area contributed by atoms with Crippen molar-refractivity contribution in [2.24, 2.45) is 11.8 Å². The topological polar surface area (TPSA) is 55.4 Å². The summed E-state index contributed by atoms with van der Waals surface area (Å²) in [6.45, 7) is 2.03. The van der Waals surface area contributed by atoms with E-state index in [1.54, 1.807) is 0 Å². The molecular weight excluding hydrogens is 314 g/mol. The van der Waals surface area contributed by atoms with Crippen LogP contribution in [0.3, 0.4) is 0 Å². The molecule has 4 unspecified atom stereocenters. The molecule has 5 rings (SSSR count). The highest BCUT2D eigenvalue weighted by Gasteiger charge is 2.62. The highest BCUT2D eigenvalue weighted by molar-refractivity contribution is 6.02. The molecule has 0 aromatic heterocycles. The molecule has 2 aromatic carbocycles. The Morgan fingerprint density at radius 2 is 1.68 bits per heavy atom. The van der Waals surface area contributed by atoms with Gasteiger partial charge in [-0.05, 0) is 29.7 Å². The third kappa shape index (κ3) is 1.82. The van der Waals surface area contributed by atoms with E-state index in [9.17, 15) is 9.59 Å². The Morgan fingerprint density at radius 1 is 0.960 bits per heavy atom. The minimum Gasteiger partial charge on any atom is -0.392 e. The molecule has 4 heteroatoms. The first-order chi connectivity index (χ1) is 12.1. The average molecular weight is 331 g/mol. The molecule has 2 aliphatic heterocycles. The molecule has 2 aromatic rings. The van der Waals surface area contributed by atoms with Gasteiger partial charge in [0.25, 0.3) is 0 Å². The Bertz CT molecular complexity index is 933. The van der Waals surface area contributed by atoms with Crippen LogP contribution in [0.5, 0.6) is 0 Å². The fourth-order valence-electron chi connectivity index (χ4n) is 4.77. The molecule has 3 aliphatic rings. The molecule has 0 amide bonds. The van der Waals surface area contributed by atoms with Crippen LogP contribution in [0.15, 0.2) is 60.7 Å². The van der Waals surface area contributed by atoms with Gasteiger partial charge in [-0.25, -0.2) is 0 Å². The molecular formula is C21H17NO3. The van der Waals surface area contributed by atoms with E-state index in [4.69, 9.17) is 4.74 Å². The van der Waals surface area contributed by atoms with Crippen molar-refractivity contribution in [1.82, 2.24) is 0 Å². The molecule has 124 valence electrons. The van der Waals surface area contributed by atoms with Gasteiger partial charge < -0.3 is 10.1 Å². The summed E-state index contributed by atoms with van der Waals surface area (Å²) in [7, 11) is 0. The number of carbonyl (C=O) groups is 2. The quantitative estimate of drug-likeness (QED) is 0.643. The number of rotatable bonds is 1. The van der Waals surface area contributed by atoms with Crippen molar-refractivity contribution in [3.63, 3.8) is 0 Å². The zero-order chi connectivity index (χ0) is 17.2. The van der Waals surface area contributed by atoms with E-state index in [1.807, 2.05) is 49.4 Å². The molecule has 2 heterocycles. The third-order valence-corrected chi connectivity index (χ3v) is 5.79. The predicted molar refractivity (Wildman–Crippen MR) is 93.7 cm³/mol. The number of anilines is 1. The van der Waals surface area contributed by atoms with Crippen LogP contribution >= 0.6 is 0 Å². The lowest BCUT2D eigenvalue weighted by Gasteiger charge is -2.42. The van der Waals surface area contributed by atoms with Crippen molar-refractivity contribution in [1.29, 1.82) is 0 Å². The Morgan fingerprint density at radius 3 is 2.48 bits per heavy atom. The van der Waals surface area contributed by atoms with E-state index in [0.29, 0.717) is 0 Å². The van der Waals surface area contributed by atoms with Gasteiger partial charge in [0.05, 0.1) is 17.4 Å². The average Bonchev–Trinajstić information content (AvgIpc) is 3.08. The highest BCUT2D eigenvalue weighted by atomic mass is 16.6. The molecule has 0 saturated carbocycles. The van der Waals surface area contributed by atoms with Crippen LogP contribution in [0, 0.1) is 11.8 Å². The number of hydrogen-bond acceptors (Lipinski definition) is 4. The standard InChI is InChI=1S/C21H17NO3/c1-21-17(13-9-5-6-10-16(13)22-21)14(12-7-3-2-4-8-12)11-15-18(21)20(24)25-19(15)23/h2-11,15,17-18,22H,1H3. The maximum atomic E-state index is 12.4. The molecule has 4 nitrogen and oxygen atoms in total. The number of carbonyl (C=O) groups excluding carboxylic acids is 2. The lowest BCUT2D eigenvalue weighted by molar-refractivity contribution is -0.153. The SMILES string of the molecule is CC12Nc3ccccc3C1C(c1ccccc1)=CC1C(=O)OC(=O)C12. The Balaban J connectivity index is 1.78. The zero-order valence-corrected chi connectivity index (χ0v) is 13.7. The molecule has 25 heavy (non-hydrogen) atoms. The van der Waals surface area contributed by atoms with Gasteiger partial charge in [0.2, 0.25) is 0 Å². The molecule has 1 saturated heterocycles. The van der Waals surface area contributed by atoms with Gasteiger partial charge in [-0.3, -0.25) is 9.59 Å². The Labute approximate surface area is 145 Å². The minimum atomic E-state index is -0.586. The predicted octanol–water partition coefficient (Wildman–Crippen LogP) is 3.37. The first kappa shape index (κ1) is 14.5. The van der Waals surface area contributed by atoms with Crippen LogP contribution in [0.4, 0.5) is 5.69 Å². The molecule has 1 N–H and O–H groups in total. The van der Waals surface area contributed by atoms with Crippen LogP contribution in [0.1, 0.15) is 24.0 Å². The summed E-state index contributed by atoms with van der Waals surface area (Å²) in [5.41, 5.74) is 3.74. The number of benzene rings is 2. The number of esters is 2. The van der Waals surface area contributed by atoms with Gasteiger partial charge in [-0.2, -0.15) is 0 Å². The number of hydrogen-bond donors (Lipinski definition) is 1. The minimum absolute atomic E-state index is 0.00852.